The van der Waals surface area contributed by atoms with Crippen molar-refractivity contribution in [1.82, 2.24) is 5.32 Å². The number of amides is 1. The standard InChI is InChI=1S/C15H32NO5P/c1-8-19-22(18,20-9-2)13(11-10-12(3)4)16-14(17)21-15(5,6)7/h12-13H,8-11H2,1-7H3,(H,16,17)/t13-/m1/s1. The summed E-state index contributed by atoms with van der Waals surface area (Å²) in [6.45, 7) is 13.5. The second-order valence-corrected chi connectivity index (χ2v) is 8.73. The quantitative estimate of drug-likeness (QED) is 0.625. The molecule has 0 saturated carbocycles. The van der Waals surface area contributed by atoms with Crippen molar-refractivity contribution in [3.63, 3.8) is 0 Å². The van der Waals surface area contributed by atoms with E-state index in [0.717, 1.165) is 6.42 Å². The molecule has 1 N–H and O–H groups in total. The fraction of sp³-hybridized carbons (Fsp3) is 0.933. The van der Waals surface area contributed by atoms with Crippen LogP contribution in [-0.2, 0) is 18.3 Å². The van der Waals surface area contributed by atoms with Gasteiger partial charge in [0.2, 0.25) is 0 Å². The molecule has 0 spiro atoms. The van der Waals surface area contributed by atoms with Crippen molar-refractivity contribution >= 4 is 13.7 Å². The van der Waals surface area contributed by atoms with Crippen LogP contribution in [0.25, 0.3) is 0 Å². The lowest BCUT2D eigenvalue weighted by Crippen LogP contribution is -2.40. The van der Waals surface area contributed by atoms with Crippen molar-refractivity contribution in [3.8, 4) is 0 Å². The molecule has 0 saturated heterocycles. The van der Waals surface area contributed by atoms with Gasteiger partial charge in [-0.2, -0.15) is 0 Å². The van der Waals surface area contributed by atoms with E-state index in [1.807, 2.05) is 0 Å². The lowest BCUT2D eigenvalue weighted by molar-refractivity contribution is 0.0505. The van der Waals surface area contributed by atoms with E-state index in [-0.39, 0.29) is 13.2 Å². The Labute approximate surface area is 134 Å². The first-order valence-corrected chi connectivity index (χ1v) is 9.53. The average molecular weight is 337 g/mol. The van der Waals surface area contributed by atoms with Gasteiger partial charge in [-0.15, -0.1) is 0 Å². The summed E-state index contributed by atoms with van der Waals surface area (Å²) in [6.07, 6.45) is 0.694. The Kier molecular flexibility index (Phi) is 9.28. The molecule has 0 fully saturated rings. The minimum Gasteiger partial charge on any atom is -0.444 e. The highest BCUT2D eigenvalue weighted by atomic mass is 31.2. The molecule has 0 aromatic heterocycles. The number of hydrogen-bond acceptors (Lipinski definition) is 5. The second kappa shape index (κ2) is 9.53. The Bertz CT molecular complexity index is 369. The van der Waals surface area contributed by atoms with Gasteiger partial charge in [-0.3, -0.25) is 4.57 Å². The predicted molar refractivity (Wildman–Crippen MR) is 88.1 cm³/mol. The number of carbonyl (C=O) groups is 1. The lowest BCUT2D eigenvalue weighted by Gasteiger charge is -2.29. The average Bonchev–Trinajstić information content (AvgIpc) is 2.32. The van der Waals surface area contributed by atoms with Crippen LogP contribution in [0, 0.1) is 5.92 Å². The Hall–Kier alpha value is -0.580. The number of alkyl carbamates (subject to hydrolysis) is 1. The van der Waals surface area contributed by atoms with Crippen LogP contribution in [0.5, 0.6) is 0 Å². The molecule has 1 atom stereocenters. The van der Waals surface area contributed by atoms with Gasteiger partial charge in [0.1, 0.15) is 11.4 Å². The molecular formula is C15H32NO5P. The molecule has 6 nitrogen and oxygen atoms in total. The normalized spacial score (nSPS) is 14.0. The number of nitrogens with one attached hydrogen (secondary N) is 1. The van der Waals surface area contributed by atoms with E-state index >= 15 is 0 Å². The van der Waals surface area contributed by atoms with E-state index in [0.29, 0.717) is 12.3 Å². The highest BCUT2D eigenvalue weighted by Gasteiger charge is 2.37. The van der Waals surface area contributed by atoms with Crippen molar-refractivity contribution in [2.24, 2.45) is 5.92 Å². The summed E-state index contributed by atoms with van der Waals surface area (Å²) in [5.74, 6) is -0.288. The van der Waals surface area contributed by atoms with Crippen molar-refractivity contribution in [2.75, 3.05) is 13.2 Å². The maximum atomic E-state index is 12.9. The Morgan fingerprint density at radius 2 is 1.59 bits per heavy atom. The van der Waals surface area contributed by atoms with Crippen molar-refractivity contribution in [2.45, 2.75) is 72.7 Å². The number of hydrogen-bond donors (Lipinski definition) is 1. The van der Waals surface area contributed by atoms with Crippen LogP contribution in [0.15, 0.2) is 0 Å². The molecule has 0 heterocycles. The maximum Gasteiger partial charge on any atom is 0.408 e. The molecule has 0 unspecified atom stereocenters. The van der Waals surface area contributed by atoms with Crippen molar-refractivity contribution in [3.05, 3.63) is 0 Å². The summed E-state index contributed by atoms with van der Waals surface area (Å²) in [4.78, 5) is 12.0. The lowest BCUT2D eigenvalue weighted by atomic mass is 10.1. The minimum atomic E-state index is -3.42. The molecule has 132 valence electrons. The van der Waals surface area contributed by atoms with E-state index in [4.69, 9.17) is 13.8 Å². The minimum absolute atomic E-state index is 0.255. The summed E-state index contributed by atoms with van der Waals surface area (Å²) in [5.41, 5.74) is -0.617. The highest BCUT2D eigenvalue weighted by molar-refractivity contribution is 7.54. The second-order valence-electron chi connectivity index (χ2n) is 6.51. The SMILES string of the molecule is CCOP(=O)(OCC)[C@H](CCC(C)C)NC(=O)OC(C)(C)C. The zero-order valence-electron chi connectivity index (χ0n) is 15.0. The zero-order chi connectivity index (χ0) is 17.4. The fourth-order valence-electron chi connectivity index (χ4n) is 1.82. The molecule has 0 aliphatic heterocycles. The number of rotatable bonds is 9. The van der Waals surface area contributed by atoms with Crippen molar-refractivity contribution < 1.29 is 23.1 Å². The van der Waals surface area contributed by atoms with Crippen LogP contribution in [0.2, 0.25) is 0 Å². The topological polar surface area (TPSA) is 73.9 Å². The smallest absolute Gasteiger partial charge is 0.408 e. The number of ether oxygens (including phenoxy) is 1. The van der Waals surface area contributed by atoms with Gasteiger partial charge in [0.05, 0.1) is 13.2 Å². The van der Waals surface area contributed by atoms with Gasteiger partial charge in [-0.05, 0) is 53.4 Å². The maximum absolute atomic E-state index is 12.9. The molecule has 0 aliphatic rings. The Morgan fingerprint density at radius 1 is 1.09 bits per heavy atom. The van der Waals surface area contributed by atoms with Gasteiger partial charge >= 0.3 is 13.7 Å². The summed E-state index contributed by atoms with van der Waals surface area (Å²) < 4.78 is 28.9. The number of carbonyl (C=O) groups excluding carboxylic acids is 1. The molecule has 0 aromatic rings. The van der Waals surface area contributed by atoms with E-state index in [1.54, 1.807) is 34.6 Å². The molecule has 0 aliphatic carbocycles. The van der Waals surface area contributed by atoms with Crippen LogP contribution in [-0.4, -0.2) is 30.7 Å². The molecule has 0 radical (unpaired) electrons. The van der Waals surface area contributed by atoms with Crippen LogP contribution >= 0.6 is 7.60 Å². The third kappa shape index (κ3) is 8.76. The predicted octanol–water partition coefficient (Wildman–Crippen LogP) is 4.54. The first kappa shape index (κ1) is 21.4. The van der Waals surface area contributed by atoms with Crippen LogP contribution in [0.3, 0.4) is 0 Å². The van der Waals surface area contributed by atoms with Gasteiger partial charge in [0.15, 0.2) is 0 Å². The van der Waals surface area contributed by atoms with E-state index in [9.17, 15) is 9.36 Å². The fourth-order valence-corrected chi connectivity index (χ4v) is 3.70. The summed E-state index contributed by atoms with van der Waals surface area (Å²) in [6, 6.07) is 0. The molecule has 1 amide bonds. The third-order valence-electron chi connectivity index (χ3n) is 2.70. The molecule has 0 aromatic carbocycles. The highest BCUT2D eigenvalue weighted by Crippen LogP contribution is 2.53. The third-order valence-corrected chi connectivity index (χ3v) is 5.09. The van der Waals surface area contributed by atoms with Gasteiger partial charge in [-0.1, -0.05) is 13.8 Å². The Morgan fingerprint density at radius 3 is 1.95 bits per heavy atom. The van der Waals surface area contributed by atoms with Gasteiger partial charge in [0, 0.05) is 0 Å². The van der Waals surface area contributed by atoms with Crippen LogP contribution < -0.4 is 5.32 Å². The largest absolute Gasteiger partial charge is 0.444 e. The first-order chi connectivity index (χ1) is 10.0. The summed E-state index contributed by atoms with van der Waals surface area (Å²) >= 11 is 0. The molecule has 22 heavy (non-hydrogen) atoms. The zero-order valence-corrected chi connectivity index (χ0v) is 15.9. The molecule has 0 rings (SSSR count). The molecule has 0 bridgehead atoms. The molecular weight excluding hydrogens is 305 g/mol. The first-order valence-electron chi connectivity index (χ1n) is 7.92. The van der Waals surface area contributed by atoms with E-state index in [1.165, 1.54) is 0 Å². The monoisotopic (exact) mass is 337 g/mol. The van der Waals surface area contributed by atoms with Gasteiger partial charge < -0.3 is 19.1 Å². The van der Waals surface area contributed by atoms with Gasteiger partial charge in [-0.25, -0.2) is 4.79 Å². The van der Waals surface area contributed by atoms with Crippen molar-refractivity contribution in [1.29, 1.82) is 0 Å². The van der Waals surface area contributed by atoms with E-state index < -0.39 is 25.1 Å². The molecule has 7 heteroatoms. The summed E-state index contributed by atoms with van der Waals surface area (Å²) in [5, 5.41) is 2.66. The Balaban J connectivity index is 5.08. The van der Waals surface area contributed by atoms with Gasteiger partial charge in [0.25, 0.3) is 0 Å². The van der Waals surface area contributed by atoms with Crippen LogP contribution in [0.1, 0.15) is 61.3 Å². The summed E-state index contributed by atoms with van der Waals surface area (Å²) in [7, 11) is -3.42. The van der Waals surface area contributed by atoms with Crippen LogP contribution in [0.4, 0.5) is 4.79 Å². The van der Waals surface area contributed by atoms with E-state index in [2.05, 4.69) is 19.2 Å².